The molecule has 0 saturated carbocycles. The van der Waals surface area contributed by atoms with Gasteiger partial charge in [-0.15, -0.1) is 11.3 Å². The minimum Gasteiger partial charge on any atom is -0.396 e. The number of aliphatic hydroxyl groups is 1. The lowest BCUT2D eigenvalue weighted by atomic mass is 10.3. The highest BCUT2D eigenvalue weighted by atomic mass is 32.1. The van der Waals surface area contributed by atoms with Gasteiger partial charge in [0, 0.05) is 23.3 Å². The normalized spacial score (nSPS) is 12.0. The van der Waals surface area contributed by atoms with Crippen LogP contribution < -0.4 is 0 Å². The molecule has 0 amide bonds. The second-order valence-electron chi connectivity index (χ2n) is 2.27. The molecule has 1 aromatic rings. The van der Waals surface area contributed by atoms with Crippen molar-refractivity contribution in [2.45, 2.75) is 12.6 Å². The first-order chi connectivity index (χ1) is 5.54. The van der Waals surface area contributed by atoms with Gasteiger partial charge in [-0.25, -0.2) is 0 Å². The average Bonchev–Trinajstić information content (AvgIpc) is 2.35. The molecule has 1 N–H and O–H groups in total. The quantitative estimate of drug-likeness (QED) is 0.769. The molecule has 0 saturated heterocycles. The van der Waals surface area contributed by atoms with E-state index in [0.717, 1.165) is 22.8 Å². The van der Waals surface area contributed by atoms with E-state index >= 15 is 0 Å². The summed E-state index contributed by atoms with van der Waals surface area (Å²) >= 11 is 1.02. The van der Waals surface area contributed by atoms with Gasteiger partial charge in [0.25, 0.3) is 0 Å². The Morgan fingerprint density at radius 3 is 2.50 bits per heavy atom. The predicted octanol–water partition coefficient (Wildman–Crippen LogP) is 2.30. The van der Waals surface area contributed by atoms with Crippen LogP contribution in [0.2, 0.25) is 0 Å². The maximum atomic E-state index is 12.0. The molecule has 1 aromatic heterocycles. The van der Waals surface area contributed by atoms with Crippen LogP contribution in [0.4, 0.5) is 13.2 Å². The molecule has 1 heterocycles. The lowest BCUT2D eigenvalue weighted by Gasteiger charge is -2.00. The zero-order valence-electron chi connectivity index (χ0n) is 6.06. The Balaban J connectivity index is 2.77. The second-order valence-corrected chi connectivity index (χ2v) is 3.27. The maximum absolute atomic E-state index is 12.0. The van der Waals surface area contributed by atoms with Crippen LogP contribution >= 0.6 is 11.3 Å². The Morgan fingerprint density at radius 2 is 2.08 bits per heavy atom. The molecule has 68 valence electrons. The lowest BCUT2D eigenvalue weighted by molar-refractivity contribution is -0.137. The second kappa shape index (κ2) is 3.45. The predicted molar refractivity (Wildman–Crippen MR) is 40.1 cm³/mol. The number of hydrogen-bond donors (Lipinski definition) is 1. The van der Waals surface area contributed by atoms with Crippen LogP contribution in [0.15, 0.2) is 11.4 Å². The number of aliphatic hydroxyl groups excluding tert-OH is 1. The van der Waals surface area contributed by atoms with Gasteiger partial charge in [-0.2, -0.15) is 13.2 Å². The first-order valence-electron chi connectivity index (χ1n) is 3.29. The van der Waals surface area contributed by atoms with Crippen molar-refractivity contribution in [2.75, 3.05) is 6.61 Å². The summed E-state index contributed by atoms with van der Waals surface area (Å²) < 4.78 is 36.0. The zero-order valence-corrected chi connectivity index (χ0v) is 6.87. The molecule has 1 rings (SSSR count). The van der Waals surface area contributed by atoms with Crippen molar-refractivity contribution in [3.63, 3.8) is 0 Å². The molecule has 0 radical (unpaired) electrons. The molecular weight excluding hydrogens is 189 g/mol. The molecule has 0 unspecified atom stereocenters. The third-order valence-corrected chi connectivity index (χ3v) is 2.34. The summed E-state index contributed by atoms with van der Waals surface area (Å²) in [4.78, 5) is 0.560. The summed E-state index contributed by atoms with van der Waals surface area (Å²) in [5, 5.41) is 9.52. The van der Waals surface area contributed by atoms with Crippen LogP contribution in [0, 0.1) is 0 Å². The summed E-state index contributed by atoms with van der Waals surface area (Å²) in [6, 6.07) is 1.07. The third-order valence-electron chi connectivity index (χ3n) is 1.34. The first kappa shape index (κ1) is 9.54. The highest BCUT2D eigenvalue weighted by Gasteiger charge is 2.31. The average molecular weight is 196 g/mol. The number of halogens is 3. The third kappa shape index (κ3) is 2.22. The minimum atomic E-state index is -4.26. The van der Waals surface area contributed by atoms with Crippen LogP contribution in [0.3, 0.4) is 0 Å². The van der Waals surface area contributed by atoms with E-state index in [1.165, 1.54) is 0 Å². The van der Waals surface area contributed by atoms with Gasteiger partial charge in [-0.05, 0) is 6.07 Å². The lowest BCUT2D eigenvalue weighted by Crippen LogP contribution is -2.02. The van der Waals surface area contributed by atoms with Crippen molar-refractivity contribution >= 4 is 11.3 Å². The number of rotatable bonds is 2. The molecule has 0 bridgehead atoms. The van der Waals surface area contributed by atoms with Crippen LogP contribution in [0.1, 0.15) is 10.4 Å². The largest absolute Gasteiger partial charge is 0.417 e. The smallest absolute Gasteiger partial charge is 0.396 e. The van der Waals surface area contributed by atoms with E-state index in [9.17, 15) is 13.2 Å². The van der Waals surface area contributed by atoms with Gasteiger partial charge < -0.3 is 5.11 Å². The van der Waals surface area contributed by atoms with Gasteiger partial charge in [0.2, 0.25) is 0 Å². The molecule has 0 aliphatic rings. The van der Waals surface area contributed by atoms with Gasteiger partial charge in [0.05, 0.1) is 5.56 Å². The Labute approximate surface area is 71.5 Å². The molecule has 1 nitrogen and oxygen atoms in total. The summed E-state index contributed by atoms with van der Waals surface area (Å²) in [6.07, 6.45) is -3.97. The molecule has 0 fully saturated rings. The number of hydrogen-bond acceptors (Lipinski definition) is 2. The van der Waals surface area contributed by atoms with Gasteiger partial charge in [0.15, 0.2) is 0 Å². The van der Waals surface area contributed by atoms with E-state index in [4.69, 9.17) is 5.11 Å². The fourth-order valence-corrected chi connectivity index (χ4v) is 1.65. The minimum absolute atomic E-state index is 0.113. The van der Waals surface area contributed by atoms with E-state index in [1.807, 2.05) is 0 Å². The van der Waals surface area contributed by atoms with Gasteiger partial charge in [-0.1, -0.05) is 0 Å². The highest BCUT2D eigenvalue weighted by molar-refractivity contribution is 7.10. The van der Waals surface area contributed by atoms with Gasteiger partial charge >= 0.3 is 6.18 Å². The highest BCUT2D eigenvalue weighted by Crippen LogP contribution is 2.32. The van der Waals surface area contributed by atoms with Crippen molar-refractivity contribution in [3.05, 3.63) is 21.9 Å². The summed E-state index contributed by atoms with van der Waals surface area (Å²) in [7, 11) is 0. The fraction of sp³-hybridized carbons (Fsp3) is 0.429. The monoisotopic (exact) mass is 196 g/mol. The SMILES string of the molecule is OCCc1cc(C(F)(F)F)cs1. The first-order valence-corrected chi connectivity index (χ1v) is 4.17. The van der Waals surface area contributed by atoms with Crippen LogP contribution in [-0.4, -0.2) is 11.7 Å². The van der Waals surface area contributed by atoms with Crippen molar-refractivity contribution < 1.29 is 18.3 Å². The van der Waals surface area contributed by atoms with E-state index in [-0.39, 0.29) is 6.61 Å². The molecule has 0 spiro atoms. The Morgan fingerprint density at radius 1 is 1.42 bits per heavy atom. The molecule has 0 aromatic carbocycles. The maximum Gasteiger partial charge on any atom is 0.417 e. The number of thiophene rings is 1. The van der Waals surface area contributed by atoms with Gasteiger partial charge in [-0.3, -0.25) is 0 Å². The summed E-state index contributed by atoms with van der Waals surface area (Å²) in [6.45, 7) is -0.113. The van der Waals surface area contributed by atoms with E-state index in [0.29, 0.717) is 11.3 Å². The Bertz CT molecular complexity index is 253. The molecule has 0 aliphatic heterocycles. The molecule has 0 aliphatic carbocycles. The van der Waals surface area contributed by atoms with Crippen molar-refractivity contribution in [3.8, 4) is 0 Å². The number of alkyl halides is 3. The van der Waals surface area contributed by atoms with Crippen LogP contribution in [0.5, 0.6) is 0 Å². The molecular formula is C7H7F3OS. The Hall–Kier alpha value is -0.550. The van der Waals surface area contributed by atoms with Crippen molar-refractivity contribution in [1.29, 1.82) is 0 Å². The van der Waals surface area contributed by atoms with Crippen LogP contribution in [0.25, 0.3) is 0 Å². The topological polar surface area (TPSA) is 20.2 Å². The standard InChI is InChI=1S/C7H7F3OS/c8-7(9,10)5-3-6(1-2-11)12-4-5/h3-4,11H,1-2H2. The van der Waals surface area contributed by atoms with E-state index in [2.05, 4.69) is 0 Å². The van der Waals surface area contributed by atoms with Gasteiger partial charge in [0.1, 0.15) is 0 Å². The molecule has 12 heavy (non-hydrogen) atoms. The van der Waals surface area contributed by atoms with E-state index in [1.54, 1.807) is 0 Å². The van der Waals surface area contributed by atoms with Crippen molar-refractivity contribution in [1.82, 2.24) is 0 Å². The van der Waals surface area contributed by atoms with E-state index < -0.39 is 11.7 Å². The summed E-state index contributed by atoms with van der Waals surface area (Å²) in [5.41, 5.74) is -0.629. The zero-order chi connectivity index (χ0) is 9.19. The van der Waals surface area contributed by atoms with Crippen molar-refractivity contribution in [2.24, 2.45) is 0 Å². The molecule has 0 atom stereocenters. The van der Waals surface area contributed by atoms with Crippen LogP contribution in [-0.2, 0) is 12.6 Å². The fourth-order valence-electron chi connectivity index (χ4n) is 0.771. The Kier molecular flexibility index (Phi) is 2.74. The molecule has 5 heteroatoms. The summed E-state index contributed by atoms with van der Waals surface area (Å²) in [5.74, 6) is 0.